The SMILES string of the molecule is CN(C)c1ccc(C(=O)Nc2ccc(C#N)cn2)cc1. The number of pyridine rings is 1. The van der Waals surface area contributed by atoms with Crippen LogP contribution in [0, 0.1) is 11.3 Å². The first-order chi connectivity index (χ1) is 9.60. The van der Waals surface area contributed by atoms with Crippen molar-refractivity contribution in [2.75, 3.05) is 24.3 Å². The Morgan fingerprint density at radius 3 is 2.40 bits per heavy atom. The number of carbonyl (C=O) groups excluding carboxylic acids is 1. The molecule has 0 unspecified atom stereocenters. The maximum Gasteiger partial charge on any atom is 0.256 e. The van der Waals surface area contributed by atoms with E-state index in [-0.39, 0.29) is 5.91 Å². The van der Waals surface area contributed by atoms with Gasteiger partial charge in [-0.25, -0.2) is 4.98 Å². The number of benzene rings is 1. The lowest BCUT2D eigenvalue weighted by Crippen LogP contribution is -2.13. The minimum Gasteiger partial charge on any atom is -0.378 e. The number of hydrogen-bond donors (Lipinski definition) is 1. The Bertz CT molecular complexity index is 639. The van der Waals surface area contributed by atoms with Gasteiger partial charge in [0.1, 0.15) is 11.9 Å². The average molecular weight is 266 g/mol. The van der Waals surface area contributed by atoms with E-state index in [1.165, 1.54) is 6.20 Å². The third-order valence-electron chi connectivity index (χ3n) is 2.78. The van der Waals surface area contributed by atoms with Gasteiger partial charge in [-0.1, -0.05) is 0 Å². The van der Waals surface area contributed by atoms with E-state index in [1.807, 2.05) is 37.2 Å². The summed E-state index contributed by atoms with van der Waals surface area (Å²) in [4.78, 5) is 18.0. The zero-order valence-electron chi connectivity index (χ0n) is 11.3. The Balaban J connectivity index is 2.09. The molecule has 0 spiro atoms. The third-order valence-corrected chi connectivity index (χ3v) is 2.78. The van der Waals surface area contributed by atoms with E-state index in [9.17, 15) is 4.79 Å². The molecular weight excluding hydrogens is 252 g/mol. The fourth-order valence-corrected chi connectivity index (χ4v) is 1.63. The van der Waals surface area contributed by atoms with E-state index >= 15 is 0 Å². The number of anilines is 2. The summed E-state index contributed by atoms with van der Waals surface area (Å²) >= 11 is 0. The van der Waals surface area contributed by atoms with Gasteiger partial charge in [-0.2, -0.15) is 5.26 Å². The van der Waals surface area contributed by atoms with Crippen molar-refractivity contribution in [3.8, 4) is 6.07 Å². The normalized spacial score (nSPS) is 9.65. The van der Waals surface area contributed by atoms with Crippen LogP contribution in [0.3, 0.4) is 0 Å². The number of amides is 1. The fourth-order valence-electron chi connectivity index (χ4n) is 1.63. The van der Waals surface area contributed by atoms with E-state index in [4.69, 9.17) is 5.26 Å². The number of aromatic nitrogens is 1. The fraction of sp³-hybridized carbons (Fsp3) is 0.133. The molecule has 0 saturated carbocycles. The molecule has 100 valence electrons. The van der Waals surface area contributed by atoms with Crippen molar-refractivity contribution in [1.29, 1.82) is 5.26 Å². The molecule has 1 aromatic heterocycles. The van der Waals surface area contributed by atoms with Crippen LogP contribution in [0.1, 0.15) is 15.9 Å². The number of rotatable bonds is 3. The van der Waals surface area contributed by atoms with E-state index in [0.717, 1.165) is 5.69 Å². The van der Waals surface area contributed by atoms with Gasteiger partial charge in [-0.05, 0) is 36.4 Å². The average Bonchev–Trinajstić information content (AvgIpc) is 2.48. The van der Waals surface area contributed by atoms with Crippen LogP contribution >= 0.6 is 0 Å². The summed E-state index contributed by atoms with van der Waals surface area (Å²) in [5.74, 6) is 0.193. The van der Waals surface area contributed by atoms with Crippen LogP contribution in [-0.4, -0.2) is 25.0 Å². The molecule has 0 aliphatic carbocycles. The first kappa shape index (κ1) is 13.6. The lowest BCUT2D eigenvalue weighted by atomic mass is 10.2. The Labute approximate surface area is 117 Å². The molecule has 1 aromatic carbocycles. The molecular formula is C15H14N4O. The summed E-state index contributed by atoms with van der Waals surface area (Å²) in [7, 11) is 3.88. The Morgan fingerprint density at radius 2 is 1.90 bits per heavy atom. The first-order valence-electron chi connectivity index (χ1n) is 6.05. The molecule has 1 heterocycles. The second kappa shape index (κ2) is 5.85. The van der Waals surface area contributed by atoms with Gasteiger partial charge in [0.05, 0.1) is 5.56 Å². The molecule has 2 rings (SSSR count). The minimum atomic E-state index is -0.229. The van der Waals surface area contributed by atoms with Crippen molar-refractivity contribution in [1.82, 2.24) is 4.98 Å². The molecule has 1 amide bonds. The van der Waals surface area contributed by atoms with E-state index in [2.05, 4.69) is 10.3 Å². The predicted molar refractivity (Wildman–Crippen MR) is 77.7 cm³/mol. The molecule has 0 saturated heterocycles. The standard InChI is InChI=1S/C15H14N4O/c1-19(2)13-6-4-12(5-7-13)15(20)18-14-8-3-11(9-16)10-17-14/h3-8,10H,1-2H3,(H,17,18,20). The second-order valence-electron chi connectivity index (χ2n) is 4.44. The maximum atomic E-state index is 12.0. The van der Waals surface area contributed by atoms with Crippen LogP contribution in [0.2, 0.25) is 0 Å². The number of carbonyl (C=O) groups is 1. The number of nitrogens with zero attached hydrogens (tertiary/aromatic N) is 3. The molecule has 5 nitrogen and oxygen atoms in total. The van der Waals surface area contributed by atoms with Crippen molar-refractivity contribution in [3.63, 3.8) is 0 Å². The monoisotopic (exact) mass is 266 g/mol. The summed E-state index contributed by atoms with van der Waals surface area (Å²) in [5.41, 5.74) is 2.04. The lowest BCUT2D eigenvalue weighted by molar-refractivity contribution is 0.102. The van der Waals surface area contributed by atoms with Gasteiger partial charge in [-0.15, -0.1) is 0 Å². The summed E-state index contributed by atoms with van der Waals surface area (Å²) in [6, 6.07) is 12.5. The van der Waals surface area contributed by atoms with Gasteiger partial charge in [0.2, 0.25) is 0 Å². The van der Waals surface area contributed by atoms with Gasteiger partial charge >= 0.3 is 0 Å². The van der Waals surface area contributed by atoms with Gasteiger partial charge in [-0.3, -0.25) is 4.79 Å². The van der Waals surface area contributed by atoms with Crippen molar-refractivity contribution in [2.45, 2.75) is 0 Å². The topological polar surface area (TPSA) is 69.0 Å². The number of nitrogens with one attached hydrogen (secondary N) is 1. The summed E-state index contributed by atoms with van der Waals surface area (Å²) < 4.78 is 0. The zero-order valence-corrected chi connectivity index (χ0v) is 11.3. The van der Waals surface area contributed by atoms with Gasteiger partial charge in [0.25, 0.3) is 5.91 Å². The quantitative estimate of drug-likeness (QED) is 0.925. The smallest absolute Gasteiger partial charge is 0.256 e. The zero-order chi connectivity index (χ0) is 14.5. The number of hydrogen-bond acceptors (Lipinski definition) is 4. The van der Waals surface area contributed by atoms with E-state index in [0.29, 0.717) is 16.9 Å². The van der Waals surface area contributed by atoms with Crippen LogP contribution in [-0.2, 0) is 0 Å². The van der Waals surface area contributed by atoms with Gasteiger partial charge in [0.15, 0.2) is 0 Å². The lowest BCUT2D eigenvalue weighted by Gasteiger charge is -2.12. The van der Waals surface area contributed by atoms with Crippen molar-refractivity contribution < 1.29 is 4.79 Å². The Hall–Kier alpha value is -2.87. The molecule has 0 fully saturated rings. The highest BCUT2D eigenvalue weighted by molar-refractivity contribution is 6.03. The van der Waals surface area contributed by atoms with E-state index < -0.39 is 0 Å². The second-order valence-corrected chi connectivity index (χ2v) is 4.44. The number of nitriles is 1. The van der Waals surface area contributed by atoms with Crippen LogP contribution < -0.4 is 10.2 Å². The Morgan fingerprint density at radius 1 is 1.20 bits per heavy atom. The Kier molecular flexibility index (Phi) is 3.96. The summed E-state index contributed by atoms with van der Waals surface area (Å²) in [6.07, 6.45) is 1.42. The maximum absolute atomic E-state index is 12.0. The van der Waals surface area contributed by atoms with Crippen LogP contribution in [0.25, 0.3) is 0 Å². The highest BCUT2D eigenvalue weighted by Crippen LogP contribution is 2.13. The predicted octanol–water partition coefficient (Wildman–Crippen LogP) is 2.27. The molecule has 0 bridgehead atoms. The molecule has 0 radical (unpaired) electrons. The summed E-state index contributed by atoms with van der Waals surface area (Å²) in [5, 5.41) is 11.4. The van der Waals surface area contributed by atoms with Gasteiger partial charge < -0.3 is 10.2 Å². The third kappa shape index (κ3) is 3.12. The molecule has 0 aliphatic heterocycles. The molecule has 0 atom stereocenters. The van der Waals surface area contributed by atoms with Crippen LogP contribution in [0.5, 0.6) is 0 Å². The molecule has 2 aromatic rings. The molecule has 0 aliphatic rings. The first-order valence-corrected chi connectivity index (χ1v) is 6.05. The largest absolute Gasteiger partial charge is 0.378 e. The van der Waals surface area contributed by atoms with Crippen LogP contribution in [0.15, 0.2) is 42.6 Å². The molecule has 5 heteroatoms. The molecule has 20 heavy (non-hydrogen) atoms. The van der Waals surface area contributed by atoms with Gasteiger partial charge in [0, 0.05) is 31.5 Å². The van der Waals surface area contributed by atoms with E-state index in [1.54, 1.807) is 24.3 Å². The van der Waals surface area contributed by atoms with Crippen molar-refractivity contribution >= 4 is 17.4 Å². The highest BCUT2D eigenvalue weighted by Gasteiger charge is 2.07. The minimum absolute atomic E-state index is 0.229. The highest BCUT2D eigenvalue weighted by atomic mass is 16.1. The summed E-state index contributed by atoms with van der Waals surface area (Å²) in [6.45, 7) is 0. The van der Waals surface area contributed by atoms with Crippen molar-refractivity contribution in [2.24, 2.45) is 0 Å². The van der Waals surface area contributed by atoms with Crippen LogP contribution in [0.4, 0.5) is 11.5 Å². The van der Waals surface area contributed by atoms with Crippen molar-refractivity contribution in [3.05, 3.63) is 53.7 Å². The molecule has 1 N–H and O–H groups in total.